The number of anilines is 2. The Morgan fingerprint density at radius 3 is 2.54 bits per heavy atom. The van der Waals surface area contributed by atoms with Gasteiger partial charge in [0, 0.05) is 25.0 Å². The van der Waals surface area contributed by atoms with E-state index in [9.17, 15) is 4.79 Å². The lowest BCUT2D eigenvalue weighted by atomic mass is 10.0. The number of benzene rings is 1. The van der Waals surface area contributed by atoms with E-state index < -0.39 is 0 Å². The zero-order valence-corrected chi connectivity index (χ0v) is 14.2. The van der Waals surface area contributed by atoms with E-state index in [4.69, 9.17) is 4.74 Å². The van der Waals surface area contributed by atoms with Gasteiger partial charge in [0.25, 0.3) is 5.91 Å². The number of hydrogen-bond donors (Lipinski definition) is 1. The molecule has 3 rings (SSSR count). The highest BCUT2D eigenvalue weighted by molar-refractivity contribution is 6.04. The van der Waals surface area contributed by atoms with Crippen LogP contribution in [0.2, 0.25) is 0 Å². The van der Waals surface area contributed by atoms with E-state index in [2.05, 4.69) is 29.0 Å². The van der Waals surface area contributed by atoms with Gasteiger partial charge in [-0.3, -0.25) is 9.78 Å². The molecular weight excluding hydrogens is 302 g/mol. The van der Waals surface area contributed by atoms with Gasteiger partial charge >= 0.3 is 0 Å². The third kappa shape index (κ3) is 3.92. The molecular formula is C19H23N3O2. The minimum atomic E-state index is -0.144. The van der Waals surface area contributed by atoms with Crippen molar-refractivity contribution in [3.8, 4) is 0 Å². The molecule has 0 unspecified atom stereocenters. The van der Waals surface area contributed by atoms with Gasteiger partial charge in [0.15, 0.2) is 0 Å². The fraction of sp³-hybridized carbons (Fsp3) is 0.368. The van der Waals surface area contributed by atoms with E-state index in [-0.39, 0.29) is 5.91 Å². The summed E-state index contributed by atoms with van der Waals surface area (Å²) in [6, 6.07) is 9.85. The number of pyridine rings is 1. The van der Waals surface area contributed by atoms with Crippen molar-refractivity contribution in [1.82, 2.24) is 4.98 Å². The zero-order chi connectivity index (χ0) is 16.9. The van der Waals surface area contributed by atoms with Crippen LogP contribution in [0.5, 0.6) is 0 Å². The third-order valence-corrected chi connectivity index (χ3v) is 4.20. The quantitative estimate of drug-likeness (QED) is 0.937. The summed E-state index contributed by atoms with van der Waals surface area (Å²) in [6.07, 6.45) is 3.39. The third-order valence-electron chi connectivity index (χ3n) is 4.20. The summed E-state index contributed by atoms with van der Waals surface area (Å²) in [5.41, 5.74) is 3.57. The van der Waals surface area contributed by atoms with Crippen LogP contribution in [0.4, 0.5) is 11.4 Å². The summed E-state index contributed by atoms with van der Waals surface area (Å²) in [7, 11) is 0. The molecule has 0 aliphatic carbocycles. The van der Waals surface area contributed by atoms with E-state index >= 15 is 0 Å². The monoisotopic (exact) mass is 325 g/mol. The van der Waals surface area contributed by atoms with Crippen LogP contribution in [-0.2, 0) is 4.74 Å². The van der Waals surface area contributed by atoms with Crippen molar-refractivity contribution >= 4 is 17.3 Å². The van der Waals surface area contributed by atoms with Crippen LogP contribution in [0.15, 0.2) is 42.7 Å². The first-order valence-corrected chi connectivity index (χ1v) is 8.32. The van der Waals surface area contributed by atoms with E-state index in [1.165, 1.54) is 5.56 Å². The lowest BCUT2D eigenvalue weighted by Gasteiger charge is -2.28. The van der Waals surface area contributed by atoms with Gasteiger partial charge in [-0.25, -0.2) is 0 Å². The van der Waals surface area contributed by atoms with Crippen LogP contribution < -0.4 is 10.2 Å². The van der Waals surface area contributed by atoms with Crippen LogP contribution in [0.25, 0.3) is 0 Å². The molecule has 1 aromatic carbocycles. The van der Waals surface area contributed by atoms with Gasteiger partial charge in [0.1, 0.15) is 0 Å². The van der Waals surface area contributed by atoms with E-state index in [1.54, 1.807) is 12.4 Å². The topological polar surface area (TPSA) is 54.5 Å². The number of hydrogen-bond acceptors (Lipinski definition) is 4. The number of carbonyl (C=O) groups is 1. The minimum Gasteiger partial charge on any atom is -0.378 e. The number of carbonyl (C=O) groups excluding carboxylic acids is 1. The van der Waals surface area contributed by atoms with Gasteiger partial charge in [-0.05, 0) is 29.7 Å². The maximum Gasteiger partial charge on any atom is 0.257 e. The summed E-state index contributed by atoms with van der Waals surface area (Å²) in [6.45, 7) is 7.36. The highest BCUT2D eigenvalue weighted by Gasteiger charge is 2.14. The van der Waals surface area contributed by atoms with Gasteiger partial charge in [0.2, 0.25) is 0 Å². The molecule has 0 spiro atoms. The Labute approximate surface area is 142 Å². The Balaban J connectivity index is 1.70. The second kappa shape index (κ2) is 7.45. The van der Waals surface area contributed by atoms with Crippen LogP contribution in [0, 0.1) is 0 Å². The van der Waals surface area contributed by atoms with Gasteiger partial charge in [0.05, 0.1) is 30.7 Å². The number of amides is 1. The number of nitrogens with one attached hydrogen (secondary N) is 1. The average Bonchev–Trinajstić information content (AvgIpc) is 2.63. The first-order chi connectivity index (χ1) is 11.6. The Bertz CT molecular complexity index is 692. The maximum atomic E-state index is 12.5. The van der Waals surface area contributed by atoms with E-state index in [1.807, 2.05) is 30.3 Å². The second-order valence-corrected chi connectivity index (χ2v) is 6.26. The summed E-state index contributed by atoms with van der Waals surface area (Å²) in [4.78, 5) is 18.9. The lowest BCUT2D eigenvalue weighted by molar-refractivity contribution is 0.102. The number of morpholine rings is 1. The van der Waals surface area contributed by atoms with Gasteiger partial charge in [-0.15, -0.1) is 0 Å². The van der Waals surface area contributed by atoms with Crippen molar-refractivity contribution < 1.29 is 9.53 Å². The Kier molecular flexibility index (Phi) is 5.11. The average molecular weight is 325 g/mol. The Hall–Kier alpha value is -2.40. The number of rotatable bonds is 4. The van der Waals surface area contributed by atoms with Gasteiger partial charge < -0.3 is 15.0 Å². The molecule has 1 N–H and O–H groups in total. The SMILES string of the molecule is CC(C)c1ccc(NC(=O)c2cncc(N3CCOCC3)c2)cc1. The number of nitrogens with zero attached hydrogens (tertiary/aromatic N) is 2. The van der Waals surface area contributed by atoms with Gasteiger partial charge in [-0.1, -0.05) is 26.0 Å². The normalized spacial score (nSPS) is 14.7. The van der Waals surface area contributed by atoms with Gasteiger partial charge in [-0.2, -0.15) is 0 Å². The molecule has 0 radical (unpaired) electrons. The molecule has 0 bridgehead atoms. The van der Waals surface area contributed by atoms with E-state index in [0.717, 1.165) is 24.5 Å². The number of aromatic nitrogens is 1. The van der Waals surface area contributed by atoms with Crippen LogP contribution >= 0.6 is 0 Å². The van der Waals surface area contributed by atoms with Crippen molar-refractivity contribution in [3.63, 3.8) is 0 Å². The predicted octanol–water partition coefficient (Wildman–Crippen LogP) is 3.29. The molecule has 1 saturated heterocycles. The smallest absolute Gasteiger partial charge is 0.257 e. The largest absolute Gasteiger partial charge is 0.378 e. The Morgan fingerprint density at radius 2 is 1.88 bits per heavy atom. The standard InChI is InChI=1S/C19H23N3O2/c1-14(2)15-3-5-17(6-4-15)21-19(23)16-11-18(13-20-12-16)22-7-9-24-10-8-22/h3-6,11-14H,7-10H2,1-2H3,(H,21,23). The molecule has 1 aliphatic rings. The molecule has 1 fully saturated rings. The van der Waals surface area contributed by atoms with Crippen molar-refractivity contribution in [2.24, 2.45) is 0 Å². The summed E-state index contributed by atoms with van der Waals surface area (Å²) in [5, 5.41) is 2.93. The Morgan fingerprint density at radius 1 is 1.17 bits per heavy atom. The fourth-order valence-corrected chi connectivity index (χ4v) is 2.70. The first kappa shape index (κ1) is 16.5. The maximum absolute atomic E-state index is 12.5. The fourth-order valence-electron chi connectivity index (χ4n) is 2.70. The molecule has 2 aromatic rings. The molecule has 5 heteroatoms. The van der Waals surface area contributed by atoms with Crippen molar-refractivity contribution in [2.45, 2.75) is 19.8 Å². The molecule has 0 saturated carbocycles. The highest BCUT2D eigenvalue weighted by Crippen LogP contribution is 2.19. The van der Waals surface area contributed by atoms with Crippen LogP contribution in [0.1, 0.15) is 35.7 Å². The molecule has 0 atom stereocenters. The van der Waals surface area contributed by atoms with Crippen LogP contribution in [-0.4, -0.2) is 37.2 Å². The molecule has 1 aliphatic heterocycles. The first-order valence-electron chi connectivity index (χ1n) is 8.32. The van der Waals surface area contributed by atoms with Crippen molar-refractivity contribution in [2.75, 3.05) is 36.5 Å². The zero-order valence-electron chi connectivity index (χ0n) is 14.2. The molecule has 1 amide bonds. The summed E-state index contributed by atoms with van der Waals surface area (Å²) >= 11 is 0. The molecule has 24 heavy (non-hydrogen) atoms. The minimum absolute atomic E-state index is 0.144. The lowest BCUT2D eigenvalue weighted by Crippen LogP contribution is -2.36. The number of ether oxygens (including phenoxy) is 1. The molecule has 5 nitrogen and oxygen atoms in total. The second-order valence-electron chi connectivity index (χ2n) is 6.26. The van der Waals surface area contributed by atoms with E-state index in [0.29, 0.717) is 24.7 Å². The molecule has 1 aromatic heterocycles. The summed E-state index contributed by atoms with van der Waals surface area (Å²) in [5.74, 6) is 0.332. The van der Waals surface area contributed by atoms with Crippen molar-refractivity contribution in [1.29, 1.82) is 0 Å². The predicted molar refractivity (Wildman–Crippen MR) is 95.8 cm³/mol. The van der Waals surface area contributed by atoms with Crippen molar-refractivity contribution in [3.05, 3.63) is 53.9 Å². The molecule has 2 heterocycles. The van der Waals surface area contributed by atoms with Crippen LogP contribution in [0.3, 0.4) is 0 Å². The molecule has 126 valence electrons. The highest BCUT2D eigenvalue weighted by atomic mass is 16.5. The summed E-state index contributed by atoms with van der Waals surface area (Å²) < 4.78 is 5.36.